The van der Waals surface area contributed by atoms with Gasteiger partial charge in [-0.15, -0.1) is 0 Å². The third kappa shape index (κ3) is 5.09. The van der Waals surface area contributed by atoms with Crippen LogP contribution in [0.3, 0.4) is 0 Å². The summed E-state index contributed by atoms with van der Waals surface area (Å²) >= 11 is 0. The molecule has 0 aliphatic carbocycles. The molecule has 0 radical (unpaired) electrons. The number of nitrogens with one attached hydrogen (secondary N) is 1. The number of morpholine rings is 1. The Hall–Kier alpha value is -3.70. The molecule has 4 heterocycles. The van der Waals surface area contributed by atoms with Crippen LogP contribution in [0.5, 0.6) is 5.75 Å². The number of fused-ring (bicyclic) bond motifs is 1. The molecule has 7 nitrogen and oxygen atoms in total. The van der Waals surface area contributed by atoms with Gasteiger partial charge in [-0.2, -0.15) is 0 Å². The zero-order valence-corrected chi connectivity index (χ0v) is 20.9. The number of nitrogens with zero attached hydrogens (tertiary/aromatic N) is 4. The molecule has 2 saturated heterocycles. The lowest BCUT2D eigenvalue weighted by Gasteiger charge is -2.26. The molecule has 2 aromatic heterocycles. The fourth-order valence-corrected chi connectivity index (χ4v) is 5.25. The van der Waals surface area contributed by atoms with E-state index in [1.165, 1.54) is 5.56 Å². The summed E-state index contributed by atoms with van der Waals surface area (Å²) in [5.41, 5.74) is 7.16. The van der Waals surface area contributed by atoms with E-state index in [9.17, 15) is 0 Å². The van der Waals surface area contributed by atoms with Crippen molar-refractivity contribution in [3.8, 4) is 28.1 Å². The average molecular weight is 494 g/mol. The van der Waals surface area contributed by atoms with E-state index < -0.39 is 0 Å². The first-order chi connectivity index (χ1) is 18.3. The van der Waals surface area contributed by atoms with Crippen molar-refractivity contribution in [1.82, 2.24) is 19.6 Å². The molecule has 0 saturated carbocycles. The van der Waals surface area contributed by atoms with Gasteiger partial charge in [-0.25, -0.2) is 9.83 Å². The second kappa shape index (κ2) is 10.7. The molecule has 188 valence electrons. The monoisotopic (exact) mass is 493 g/mol. The fraction of sp³-hybridized carbons (Fsp3) is 0.333. The van der Waals surface area contributed by atoms with Crippen molar-refractivity contribution in [3.63, 3.8) is 0 Å². The fourth-order valence-electron chi connectivity index (χ4n) is 5.25. The van der Waals surface area contributed by atoms with Gasteiger partial charge in [0.15, 0.2) is 5.69 Å². The van der Waals surface area contributed by atoms with E-state index in [4.69, 9.17) is 16.0 Å². The summed E-state index contributed by atoms with van der Waals surface area (Å²) in [6.07, 6.45) is 4.88. The summed E-state index contributed by atoms with van der Waals surface area (Å²) in [5, 5.41) is 3.42. The van der Waals surface area contributed by atoms with E-state index in [1.807, 2.05) is 36.8 Å². The van der Waals surface area contributed by atoms with Gasteiger partial charge in [-0.1, -0.05) is 48.5 Å². The normalized spacial score (nSPS) is 18.2. The number of hydrogen-bond donors (Lipinski definition) is 1. The molecule has 4 aromatic rings. The lowest BCUT2D eigenvalue weighted by molar-refractivity contribution is 0.0342. The first kappa shape index (κ1) is 23.7. The Kier molecular flexibility index (Phi) is 6.87. The Morgan fingerprint density at radius 3 is 2.57 bits per heavy atom. The van der Waals surface area contributed by atoms with Crippen LogP contribution in [0, 0.1) is 12.5 Å². The van der Waals surface area contributed by atoms with E-state index in [0.29, 0.717) is 18.2 Å². The van der Waals surface area contributed by atoms with Gasteiger partial charge in [0.2, 0.25) is 0 Å². The quantitative estimate of drug-likeness (QED) is 0.366. The number of imidazole rings is 1. The molecule has 2 aliphatic heterocycles. The van der Waals surface area contributed by atoms with Crippen molar-refractivity contribution in [1.29, 1.82) is 0 Å². The van der Waals surface area contributed by atoms with Crippen LogP contribution in [0.15, 0.2) is 67.1 Å². The maximum atomic E-state index is 7.34. The van der Waals surface area contributed by atoms with Gasteiger partial charge in [0.25, 0.3) is 0 Å². The van der Waals surface area contributed by atoms with E-state index in [0.717, 1.165) is 86.0 Å². The van der Waals surface area contributed by atoms with Crippen LogP contribution in [0.25, 0.3) is 32.7 Å². The lowest BCUT2D eigenvalue weighted by Crippen LogP contribution is -2.35. The molecule has 37 heavy (non-hydrogen) atoms. The molecule has 0 unspecified atom stereocenters. The molecule has 2 fully saturated rings. The van der Waals surface area contributed by atoms with E-state index in [1.54, 1.807) is 0 Å². The Labute approximate surface area is 217 Å². The molecule has 0 spiro atoms. The van der Waals surface area contributed by atoms with E-state index in [2.05, 4.69) is 54.8 Å². The summed E-state index contributed by atoms with van der Waals surface area (Å²) < 4.78 is 14.0. The van der Waals surface area contributed by atoms with Crippen molar-refractivity contribution in [2.24, 2.45) is 5.92 Å². The third-order valence-corrected chi connectivity index (χ3v) is 7.34. The standard InChI is InChI=1S/C30H31N5O2/c1-31-26-8-6-24(7-9-26)27-16-29(37-20-23-10-11-32-17-23)28-18-33-21-35(28)30(27)25-4-2-22(3-5-25)19-34-12-14-36-15-13-34/h2-9,16,18,21,23,32H,10-15,17,19-20H2/t23-/m1/s1. The minimum Gasteiger partial charge on any atom is -0.491 e. The Morgan fingerprint density at radius 1 is 1.05 bits per heavy atom. The second-order valence-corrected chi connectivity index (χ2v) is 9.83. The van der Waals surface area contributed by atoms with Crippen LogP contribution in [-0.2, 0) is 11.3 Å². The van der Waals surface area contributed by atoms with Crippen molar-refractivity contribution >= 4 is 11.2 Å². The molecule has 0 amide bonds. The van der Waals surface area contributed by atoms with E-state index >= 15 is 0 Å². The summed E-state index contributed by atoms with van der Waals surface area (Å²) in [6, 6.07) is 18.8. The topological polar surface area (TPSA) is 55.4 Å². The SMILES string of the molecule is [C-]#[N+]c1ccc(-c2cc(OC[C@@H]3CCNC3)c3cncn3c2-c2ccc(CN3CCOCC3)cc2)cc1. The summed E-state index contributed by atoms with van der Waals surface area (Å²) in [5.74, 6) is 1.35. The second-order valence-electron chi connectivity index (χ2n) is 9.83. The van der Waals surface area contributed by atoms with Gasteiger partial charge < -0.3 is 14.8 Å². The zero-order valence-electron chi connectivity index (χ0n) is 20.9. The van der Waals surface area contributed by atoms with E-state index in [-0.39, 0.29) is 0 Å². The molecule has 2 aromatic carbocycles. The number of pyridine rings is 1. The molecule has 2 aliphatic rings. The van der Waals surface area contributed by atoms with Gasteiger partial charge in [-0.3, -0.25) is 9.30 Å². The maximum Gasteiger partial charge on any atom is 0.187 e. The highest BCUT2D eigenvalue weighted by atomic mass is 16.5. The maximum absolute atomic E-state index is 7.34. The van der Waals surface area contributed by atoms with Crippen molar-refractivity contribution in [3.05, 3.63) is 84.1 Å². The minimum atomic E-state index is 0.517. The highest BCUT2D eigenvalue weighted by molar-refractivity contribution is 5.86. The number of benzene rings is 2. The largest absolute Gasteiger partial charge is 0.491 e. The highest BCUT2D eigenvalue weighted by Crippen LogP contribution is 2.38. The van der Waals surface area contributed by atoms with Crippen molar-refractivity contribution in [2.75, 3.05) is 46.0 Å². The number of ether oxygens (including phenoxy) is 2. The minimum absolute atomic E-state index is 0.517. The van der Waals surface area contributed by atoms with Crippen LogP contribution >= 0.6 is 0 Å². The molecular weight excluding hydrogens is 462 g/mol. The molecule has 6 rings (SSSR count). The van der Waals surface area contributed by atoms with Crippen LogP contribution in [-0.4, -0.2) is 60.3 Å². The first-order valence-electron chi connectivity index (χ1n) is 13.0. The van der Waals surface area contributed by atoms with Gasteiger partial charge in [-0.05, 0) is 35.7 Å². The van der Waals surface area contributed by atoms with Crippen LogP contribution in [0.2, 0.25) is 0 Å². The van der Waals surface area contributed by atoms with Crippen LogP contribution < -0.4 is 10.1 Å². The molecule has 7 heteroatoms. The summed E-state index contributed by atoms with van der Waals surface area (Å²) in [6.45, 7) is 14.6. The Morgan fingerprint density at radius 2 is 1.84 bits per heavy atom. The lowest BCUT2D eigenvalue weighted by atomic mass is 9.97. The number of aromatic nitrogens is 2. The van der Waals surface area contributed by atoms with Gasteiger partial charge >= 0.3 is 0 Å². The van der Waals surface area contributed by atoms with Gasteiger partial charge in [0.1, 0.15) is 11.3 Å². The predicted octanol–water partition coefficient (Wildman–Crippen LogP) is 5.04. The molecule has 0 bridgehead atoms. The summed E-state index contributed by atoms with van der Waals surface area (Å²) in [7, 11) is 0. The number of hydrogen-bond acceptors (Lipinski definition) is 5. The predicted molar refractivity (Wildman–Crippen MR) is 145 cm³/mol. The van der Waals surface area contributed by atoms with Crippen molar-refractivity contribution in [2.45, 2.75) is 13.0 Å². The van der Waals surface area contributed by atoms with Crippen molar-refractivity contribution < 1.29 is 9.47 Å². The Balaban J connectivity index is 1.39. The smallest absolute Gasteiger partial charge is 0.187 e. The third-order valence-electron chi connectivity index (χ3n) is 7.34. The average Bonchev–Trinajstić information content (AvgIpc) is 3.65. The van der Waals surface area contributed by atoms with Gasteiger partial charge in [0, 0.05) is 37.7 Å². The highest BCUT2D eigenvalue weighted by Gasteiger charge is 2.20. The number of rotatable bonds is 7. The molecular formula is C30H31N5O2. The van der Waals surface area contributed by atoms with Gasteiger partial charge in [0.05, 0.1) is 44.6 Å². The van der Waals surface area contributed by atoms with Crippen LogP contribution in [0.1, 0.15) is 12.0 Å². The summed E-state index contributed by atoms with van der Waals surface area (Å²) in [4.78, 5) is 10.5. The van der Waals surface area contributed by atoms with Crippen LogP contribution in [0.4, 0.5) is 5.69 Å². The Bertz CT molecular complexity index is 1390. The molecule has 1 N–H and O–H groups in total. The molecule has 1 atom stereocenters. The first-order valence-corrected chi connectivity index (χ1v) is 13.0. The zero-order chi connectivity index (χ0) is 25.0.